The first-order valence-corrected chi connectivity index (χ1v) is 47.6. The van der Waals surface area contributed by atoms with Crippen molar-refractivity contribution in [3.05, 3.63) is 155 Å². The Balaban J connectivity index is 0.919. The summed E-state index contributed by atoms with van der Waals surface area (Å²) in [7, 11) is -4.29. The highest BCUT2D eigenvalue weighted by Gasteiger charge is 2.45. The molecule has 538 valence electrons. The Labute approximate surface area is 639 Å². The molecule has 0 aliphatic carbocycles. The van der Waals surface area contributed by atoms with Gasteiger partial charge in [-0.25, -0.2) is 30.0 Å². The van der Waals surface area contributed by atoms with Crippen LogP contribution in [0.1, 0.15) is 255 Å². The zero-order chi connectivity index (χ0) is 70.5. The van der Waals surface area contributed by atoms with Gasteiger partial charge in [-0.2, -0.15) is 0 Å². The third kappa shape index (κ3) is 17.4. The molecule has 0 saturated heterocycles. The predicted octanol–water partition coefficient (Wildman–Crippen LogP) is 27.4. The molecule has 0 unspecified atom stereocenters. The van der Waals surface area contributed by atoms with Crippen molar-refractivity contribution < 1.29 is 0 Å². The number of hydrogen-bond acceptors (Lipinski definition) is 10. The Kier molecular flexibility index (Phi) is 25.8. The number of thioether (sulfide) groups is 4. The van der Waals surface area contributed by atoms with Crippen LogP contribution >= 0.6 is 69.2 Å². The van der Waals surface area contributed by atoms with E-state index >= 15 is 0 Å². The van der Waals surface area contributed by atoms with E-state index in [4.69, 9.17) is 52.1 Å². The molecule has 10 aromatic rings. The van der Waals surface area contributed by atoms with E-state index in [1.807, 2.05) is 47.0 Å². The number of rotatable bonds is 40. The number of nitrogens with zero attached hydrogens (tertiary/aromatic N) is 8. The van der Waals surface area contributed by atoms with Gasteiger partial charge in [0.15, 0.2) is 23.3 Å². The molecule has 8 nitrogen and oxygen atoms in total. The highest BCUT2D eigenvalue weighted by molar-refractivity contribution is 8.00. The topological polar surface area (TPSA) is 84.0 Å². The van der Waals surface area contributed by atoms with E-state index in [2.05, 4.69) is 157 Å². The minimum absolute atomic E-state index is 0.564. The van der Waals surface area contributed by atoms with E-state index in [0.29, 0.717) is 46.0 Å². The van der Waals surface area contributed by atoms with Gasteiger partial charge in [0.25, 0.3) is 0 Å². The molecule has 103 heavy (non-hydrogen) atoms. The van der Waals surface area contributed by atoms with E-state index in [-0.39, 0.29) is 0 Å². The minimum atomic E-state index is -4.29. The Morgan fingerprint density at radius 3 is 0.845 bits per heavy atom. The van der Waals surface area contributed by atoms with E-state index < -0.39 is 7.02 Å². The molecule has 4 aliphatic rings. The van der Waals surface area contributed by atoms with Crippen LogP contribution in [0.5, 0.6) is 0 Å². The van der Waals surface area contributed by atoms with Crippen LogP contribution in [0.3, 0.4) is 0 Å². The highest BCUT2D eigenvalue weighted by atomic mass is 35.7. The smallest absolute Gasteiger partial charge is 0.294 e. The van der Waals surface area contributed by atoms with Crippen LogP contribution in [-0.2, 0) is 0 Å². The fraction of sp³-hybridized carbons (Fsp3) is 0.455. The van der Waals surface area contributed by atoms with Crippen molar-refractivity contribution in [1.29, 1.82) is 0 Å². The zero-order valence-corrected chi connectivity index (χ0v) is 67.2. The van der Waals surface area contributed by atoms with E-state index in [0.717, 1.165) is 110 Å². The lowest BCUT2D eigenvalue weighted by molar-refractivity contribution is 0.586. The van der Waals surface area contributed by atoms with E-state index in [1.54, 1.807) is 0 Å². The molecule has 6 heterocycles. The molecule has 0 amide bonds. The van der Waals surface area contributed by atoms with Crippen LogP contribution in [0.15, 0.2) is 171 Å². The summed E-state index contributed by atoms with van der Waals surface area (Å²) in [6.07, 6.45) is 41.9. The summed E-state index contributed by atoms with van der Waals surface area (Å²) >= 11 is 25.3. The Hall–Kier alpha value is -5.64. The molecule has 6 bridgehead atoms. The summed E-state index contributed by atoms with van der Waals surface area (Å²) in [5.74, 6) is 7.82. The minimum Gasteiger partial charge on any atom is -0.294 e. The van der Waals surface area contributed by atoms with Gasteiger partial charge in [0.2, 0.25) is 0 Å². The molecule has 0 atom stereocenters. The molecular formula is C88H104Cl2N8S4Si. The molecule has 2 aromatic heterocycles. The first kappa shape index (κ1) is 74.2. The van der Waals surface area contributed by atoms with Crippen molar-refractivity contribution in [2.24, 2.45) is 30.0 Å². The summed E-state index contributed by atoms with van der Waals surface area (Å²) in [6, 6.07) is 46.0. The first-order chi connectivity index (χ1) is 50.7. The molecule has 0 fully saturated rings. The maximum Gasteiger partial charge on any atom is 0.483 e. The summed E-state index contributed by atoms with van der Waals surface area (Å²) in [5.41, 5.74) is 4.87. The highest BCUT2D eigenvalue weighted by Crippen LogP contribution is 2.47. The van der Waals surface area contributed by atoms with Crippen molar-refractivity contribution in [2.75, 3.05) is 23.0 Å². The number of amidine groups is 4. The third-order valence-electron chi connectivity index (χ3n) is 21.4. The fourth-order valence-corrected chi connectivity index (χ4v) is 23.2. The number of benzene rings is 8. The summed E-state index contributed by atoms with van der Waals surface area (Å²) in [6.45, 7) is 9.17. The monoisotopic (exact) mass is 1500 g/mol. The first-order valence-electron chi connectivity index (χ1n) is 39.8. The number of fused-ring (bicyclic) bond motifs is 18. The van der Waals surface area contributed by atoms with Crippen LogP contribution in [0.2, 0.25) is 0 Å². The summed E-state index contributed by atoms with van der Waals surface area (Å²) in [5, 5.41) is 12.5. The average Bonchev–Trinajstić information content (AvgIpc) is 1.54. The average molecular weight is 1500 g/mol. The lowest BCUT2D eigenvalue weighted by Gasteiger charge is -2.24. The third-order valence-corrected chi connectivity index (χ3v) is 29.7. The van der Waals surface area contributed by atoms with Crippen LogP contribution in [0.25, 0.3) is 64.6 Å². The Bertz CT molecular complexity index is 4970. The fourth-order valence-electron chi connectivity index (χ4n) is 15.6. The molecule has 0 radical (unpaired) electrons. The lowest BCUT2D eigenvalue weighted by Crippen LogP contribution is -2.51. The maximum atomic E-state index is 8.72. The van der Waals surface area contributed by atoms with Gasteiger partial charge in [-0.3, -0.25) is 8.47 Å². The van der Waals surface area contributed by atoms with Crippen molar-refractivity contribution in [3.8, 4) is 0 Å². The van der Waals surface area contributed by atoms with Gasteiger partial charge >= 0.3 is 7.02 Å². The maximum absolute atomic E-state index is 8.72. The Morgan fingerprint density at radius 2 is 0.515 bits per heavy atom. The van der Waals surface area contributed by atoms with Crippen molar-refractivity contribution in [1.82, 2.24) is 8.47 Å². The van der Waals surface area contributed by atoms with Gasteiger partial charge in [-0.1, -0.05) is 254 Å². The number of hydrogen-bond donors (Lipinski definition) is 0. The number of unbranched alkanes of at least 4 members (excludes halogenated alkanes) is 28. The lowest BCUT2D eigenvalue weighted by atomic mass is 10.0. The van der Waals surface area contributed by atoms with Crippen molar-refractivity contribution in [3.63, 3.8) is 0 Å². The molecular weight excluding hydrogens is 1400 g/mol. The second-order valence-electron chi connectivity index (χ2n) is 29.4. The predicted molar refractivity (Wildman–Crippen MR) is 456 cm³/mol. The van der Waals surface area contributed by atoms with Crippen LogP contribution in [-0.4, -0.2) is 61.8 Å². The number of aliphatic imine (C=N–C) groups is 4. The molecule has 14 rings (SSSR count). The van der Waals surface area contributed by atoms with Gasteiger partial charge in [-0.15, -0.1) is 47.0 Å². The molecule has 15 heteroatoms. The van der Waals surface area contributed by atoms with Gasteiger partial charge in [0.05, 0.1) is 0 Å². The molecule has 4 aliphatic heterocycles. The number of aromatic nitrogens is 2. The van der Waals surface area contributed by atoms with Gasteiger partial charge in [0.1, 0.15) is 22.6 Å². The van der Waals surface area contributed by atoms with E-state index in [1.165, 1.54) is 225 Å². The SMILES string of the molecule is CCCCCCCCCCSc1ccc2cc3c(cc2c1)C1=NC3=Nc2c3cc4cc(SCCCCCCCCCC)ccc4cc3c3n2[Si](Cl)(Cl)n2c(c4cc5ccc(SCCCCCCCCCC)cc5cc4c2=NC2=NC(=N3)c3cc4cc(SCCCCCCCCCC)ccc4cc32)=N1. The molecule has 0 N–H and O–H groups in total. The second-order valence-corrected chi connectivity index (χ2v) is 39.7. The van der Waals surface area contributed by atoms with Crippen LogP contribution in [0, 0.1) is 0 Å². The standard InChI is InChI=1S/C88H104Cl2N8S4Si/c1-5-9-13-17-21-25-29-33-45-99-69-41-37-61-53-73-75(57-65(61)49-69)83-91-81(73)93-87-80-60-68-52-72(102-48-36-32-28-24-20-16-12-8-4)44-40-64(68)56-78(80)86-96-84-76-58-66-50-70(100-46-34-30-26-22-18-14-10-6-2)42-38-62(66)54-74(76)82(92-84)94-88-79-59-67-51-71(101-47-35-31-27-23-19-15-11-7-3)43-39-63(67)55-77(79)85(95-83)97(88)103(89,90)98(86)87/h37-44,49-60H,5-36,45-48H2,1-4H3. The largest absolute Gasteiger partial charge is 0.483 e. The molecule has 0 saturated carbocycles. The van der Waals surface area contributed by atoms with Crippen LogP contribution < -0.4 is 11.0 Å². The Morgan fingerprint density at radius 1 is 0.262 bits per heavy atom. The van der Waals surface area contributed by atoms with Crippen LogP contribution in [0.4, 0.5) is 11.6 Å². The van der Waals surface area contributed by atoms with Crippen molar-refractivity contribution >= 4 is 176 Å². The quantitative estimate of drug-likeness (QED) is 0.0166. The summed E-state index contributed by atoms with van der Waals surface area (Å²) in [4.78, 5) is 39.5. The van der Waals surface area contributed by atoms with Gasteiger partial charge in [-0.05, 0) is 189 Å². The van der Waals surface area contributed by atoms with Crippen molar-refractivity contribution in [2.45, 2.75) is 253 Å². The normalized spacial score (nSPS) is 14.2. The second kappa shape index (κ2) is 35.8. The van der Waals surface area contributed by atoms with Gasteiger partial charge < -0.3 is 0 Å². The molecule has 8 aromatic carbocycles. The summed E-state index contributed by atoms with van der Waals surface area (Å²) < 4.78 is 4.15. The van der Waals surface area contributed by atoms with Gasteiger partial charge in [0, 0.05) is 63.4 Å². The zero-order valence-electron chi connectivity index (χ0n) is 61.5. The molecule has 0 spiro atoms. The number of halogens is 2. The van der Waals surface area contributed by atoms with E-state index in [9.17, 15) is 0 Å².